The van der Waals surface area contributed by atoms with Crippen LogP contribution in [-0.2, 0) is 9.59 Å². The smallest absolute Gasteiger partial charge is 0.287 e. The molecule has 1 unspecified atom stereocenters. The van der Waals surface area contributed by atoms with Crippen LogP contribution in [0.4, 0.5) is 0 Å². The van der Waals surface area contributed by atoms with Crippen molar-refractivity contribution in [2.45, 2.75) is 45.1 Å². The molecule has 0 saturated carbocycles. The highest BCUT2D eigenvalue weighted by molar-refractivity contribution is 5.95. The third-order valence-electron chi connectivity index (χ3n) is 4.06. The van der Waals surface area contributed by atoms with Crippen LogP contribution in [0.5, 0.6) is 0 Å². The first-order valence-corrected chi connectivity index (χ1v) is 8.48. The number of amides is 3. The van der Waals surface area contributed by atoms with E-state index >= 15 is 0 Å². The molecule has 24 heavy (non-hydrogen) atoms. The monoisotopic (exact) mass is 335 g/mol. The van der Waals surface area contributed by atoms with Gasteiger partial charge in [0.05, 0.1) is 6.26 Å². The quantitative estimate of drug-likeness (QED) is 0.735. The van der Waals surface area contributed by atoms with Crippen LogP contribution in [0.15, 0.2) is 22.8 Å². The summed E-state index contributed by atoms with van der Waals surface area (Å²) in [7, 11) is 0. The number of hydrogen-bond donors (Lipinski definition) is 2. The normalized spacial score (nSPS) is 16.4. The lowest BCUT2D eigenvalue weighted by Crippen LogP contribution is -2.45. The average molecular weight is 335 g/mol. The summed E-state index contributed by atoms with van der Waals surface area (Å²) in [5, 5.41) is 5.36. The number of carbonyl (C=O) groups excluding carboxylic acids is 3. The van der Waals surface area contributed by atoms with Gasteiger partial charge in [-0.15, -0.1) is 0 Å². The van der Waals surface area contributed by atoms with Crippen LogP contribution in [-0.4, -0.2) is 48.3 Å². The summed E-state index contributed by atoms with van der Waals surface area (Å²) in [6.07, 6.45) is 5.86. The first kappa shape index (κ1) is 18.0. The van der Waals surface area contributed by atoms with Crippen LogP contribution < -0.4 is 10.6 Å². The summed E-state index contributed by atoms with van der Waals surface area (Å²) < 4.78 is 4.98. The van der Waals surface area contributed by atoms with Crippen molar-refractivity contribution in [3.8, 4) is 0 Å². The maximum absolute atomic E-state index is 12.0. The predicted molar refractivity (Wildman–Crippen MR) is 88.3 cm³/mol. The van der Waals surface area contributed by atoms with Crippen molar-refractivity contribution in [2.24, 2.45) is 0 Å². The number of furan rings is 1. The van der Waals surface area contributed by atoms with Crippen LogP contribution in [0.3, 0.4) is 0 Å². The summed E-state index contributed by atoms with van der Waals surface area (Å²) in [6, 6.07) is 2.50. The molecule has 2 N–H and O–H groups in total. The Hall–Kier alpha value is -2.31. The van der Waals surface area contributed by atoms with Crippen molar-refractivity contribution < 1.29 is 18.8 Å². The van der Waals surface area contributed by atoms with E-state index in [1.165, 1.54) is 12.3 Å². The Morgan fingerprint density at radius 3 is 2.92 bits per heavy atom. The first-order chi connectivity index (χ1) is 11.6. The van der Waals surface area contributed by atoms with E-state index < -0.39 is 11.9 Å². The lowest BCUT2D eigenvalue weighted by atomic mass is 10.2. The third-order valence-corrected chi connectivity index (χ3v) is 4.06. The van der Waals surface area contributed by atoms with Crippen molar-refractivity contribution in [3.63, 3.8) is 0 Å². The molecule has 132 valence electrons. The van der Waals surface area contributed by atoms with E-state index in [2.05, 4.69) is 10.6 Å². The maximum Gasteiger partial charge on any atom is 0.287 e. The fraction of sp³-hybridized carbons (Fsp3) is 0.588. The van der Waals surface area contributed by atoms with Gasteiger partial charge in [0.15, 0.2) is 5.76 Å². The minimum atomic E-state index is -0.651. The number of likely N-dealkylation sites (tertiary alicyclic amines) is 1. The van der Waals surface area contributed by atoms with Crippen molar-refractivity contribution in [1.29, 1.82) is 0 Å². The number of rotatable bonds is 7. The van der Waals surface area contributed by atoms with Gasteiger partial charge in [0.2, 0.25) is 11.8 Å². The number of nitrogens with one attached hydrogen (secondary N) is 2. The molecule has 0 aliphatic carbocycles. The fourth-order valence-electron chi connectivity index (χ4n) is 2.65. The summed E-state index contributed by atoms with van der Waals surface area (Å²) >= 11 is 0. The molecule has 1 aliphatic heterocycles. The Morgan fingerprint density at radius 2 is 2.17 bits per heavy atom. The van der Waals surface area contributed by atoms with E-state index in [9.17, 15) is 14.4 Å². The van der Waals surface area contributed by atoms with Gasteiger partial charge < -0.3 is 20.0 Å². The molecule has 1 atom stereocenters. The first-order valence-electron chi connectivity index (χ1n) is 8.48. The molecule has 1 saturated heterocycles. The van der Waals surface area contributed by atoms with E-state index in [1.807, 2.05) is 4.90 Å². The molecule has 0 spiro atoms. The minimum absolute atomic E-state index is 0.175. The SMILES string of the molecule is CC(NC(=O)c1ccco1)C(=O)NCCCN1CCCCCC1=O. The molecule has 1 aliphatic rings. The second-order valence-corrected chi connectivity index (χ2v) is 6.01. The Labute approximate surface area is 141 Å². The zero-order valence-electron chi connectivity index (χ0n) is 14.0. The van der Waals surface area contributed by atoms with E-state index in [0.29, 0.717) is 25.9 Å². The molecular formula is C17H25N3O4. The Kier molecular flexibility index (Phi) is 6.84. The molecule has 2 heterocycles. The van der Waals surface area contributed by atoms with E-state index in [1.54, 1.807) is 13.0 Å². The van der Waals surface area contributed by atoms with Crippen molar-refractivity contribution in [3.05, 3.63) is 24.2 Å². The molecule has 0 aromatic carbocycles. The molecule has 1 aromatic rings. The van der Waals surface area contributed by atoms with Gasteiger partial charge >= 0.3 is 0 Å². The van der Waals surface area contributed by atoms with Gasteiger partial charge in [-0.05, 0) is 38.3 Å². The highest BCUT2D eigenvalue weighted by Crippen LogP contribution is 2.11. The molecule has 3 amide bonds. The Bertz CT molecular complexity index is 556. The summed E-state index contributed by atoms with van der Waals surface area (Å²) in [4.78, 5) is 37.5. The number of nitrogens with zero attached hydrogens (tertiary/aromatic N) is 1. The zero-order chi connectivity index (χ0) is 17.4. The van der Waals surface area contributed by atoms with E-state index in [-0.39, 0.29) is 17.6 Å². The topological polar surface area (TPSA) is 91.7 Å². The van der Waals surface area contributed by atoms with Gasteiger partial charge in [-0.25, -0.2) is 0 Å². The van der Waals surface area contributed by atoms with Crippen molar-refractivity contribution in [2.75, 3.05) is 19.6 Å². The van der Waals surface area contributed by atoms with Crippen LogP contribution in [0.1, 0.15) is 49.6 Å². The molecule has 2 rings (SSSR count). The second kappa shape index (κ2) is 9.10. The molecule has 7 nitrogen and oxygen atoms in total. The largest absolute Gasteiger partial charge is 0.459 e. The van der Waals surface area contributed by atoms with Gasteiger partial charge in [-0.2, -0.15) is 0 Å². The van der Waals surface area contributed by atoms with E-state index in [4.69, 9.17) is 4.42 Å². The zero-order valence-corrected chi connectivity index (χ0v) is 14.0. The Balaban J connectivity index is 1.65. The minimum Gasteiger partial charge on any atom is -0.459 e. The second-order valence-electron chi connectivity index (χ2n) is 6.01. The van der Waals surface area contributed by atoms with Crippen molar-refractivity contribution >= 4 is 17.7 Å². The highest BCUT2D eigenvalue weighted by atomic mass is 16.3. The molecule has 0 radical (unpaired) electrons. The van der Waals surface area contributed by atoms with Gasteiger partial charge in [0.25, 0.3) is 5.91 Å². The third kappa shape index (κ3) is 5.40. The lowest BCUT2D eigenvalue weighted by molar-refractivity contribution is -0.130. The number of carbonyl (C=O) groups is 3. The van der Waals surface area contributed by atoms with Gasteiger partial charge in [-0.3, -0.25) is 14.4 Å². The lowest BCUT2D eigenvalue weighted by Gasteiger charge is -2.20. The average Bonchev–Trinajstić information content (AvgIpc) is 3.03. The predicted octanol–water partition coefficient (Wildman–Crippen LogP) is 1.31. The molecule has 1 fully saturated rings. The standard InChI is InChI=1S/C17H25N3O4/c1-13(19-17(23)14-7-5-12-24-14)16(22)18-9-6-11-20-10-4-2-3-8-15(20)21/h5,7,12-13H,2-4,6,8-11H2,1H3,(H,18,22)(H,19,23). The van der Waals surface area contributed by atoms with Crippen LogP contribution in [0, 0.1) is 0 Å². The van der Waals surface area contributed by atoms with Gasteiger partial charge in [0, 0.05) is 26.1 Å². The van der Waals surface area contributed by atoms with Gasteiger partial charge in [-0.1, -0.05) is 6.42 Å². The van der Waals surface area contributed by atoms with Crippen LogP contribution in [0.2, 0.25) is 0 Å². The van der Waals surface area contributed by atoms with Gasteiger partial charge in [0.1, 0.15) is 6.04 Å². The summed E-state index contributed by atoms with van der Waals surface area (Å²) in [6.45, 7) is 3.56. The molecule has 1 aromatic heterocycles. The van der Waals surface area contributed by atoms with Crippen LogP contribution >= 0.6 is 0 Å². The van der Waals surface area contributed by atoms with E-state index in [0.717, 1.165) is 25.8 Å². The maximum atomic E-state index is 12.0. The highest BCUT2D eigenvalue weighted by Gasteiger charge is 2.18. The van der Waals surface area contributed by atoms with Crippen LogP contribution in [0.25, 0.3) is 0 Å². The fourth-order valence-corrected chi connectivity index (χ4v) is 2.65. The summed E-state index contributed by atoms with van der Waals surface area (Å²) in [5.41, 5.74) is 0. The Morgan fingerprint density at radius 1 is 1.33 bits per heavy atom. The molecule has 0 bridgehead atoms. The van der Waals surface area contributed by atoms with Crippen molar-refractivity contribution in [1.82, 2.24) is 15.5 Å². The summed E-state index contributed by atoms with van der Waals surface area (Å²) in [5.74, 6) is -0.290. The number of hydrogen-bond acceptors (Lipinski definition) is 4. The molecule has 7 heteroatoms. The molecular weight excluding hydrogens is 310 g/mol.